The lowest BCUT2D eigenvalue weighted by molar-refractivity contribution is -0.155. The zero-order valence-electron chi connectivity index (χ0n) is 14.7. The second-order valence-corrected chi connectivity index (χ2v) is 6.44. The van der Waals surface area contributed by atoms with Crippen LogP contribution in [0.3, 0.4) is 0 Å². The number of nitrogens with two attached hydrogens (primary N) is 1. The Morgan fingerprint density at radius 2 is 1.96 bits per heavy atom. The number of hydrogen-bond acceptors (Lipinski definition) is 7. The van der Waals surface area contributed by atoms with E-state index >= 15 is 0 Å². The van der Waals surface area contributed by atoms with Gasteiger partial charge in [0.1, 0.15) is 10.8 Å². The molecule has 1 heterocycles. The Balaban J connectivity index is 1.86. The number of primary amides is 1. The minimum absolute atomic E-state index is 0.128. The van der Waals surface area contributed by atoms with E-state index in [0.29, 0.717) is 11.3 Å². The van der Waals surface area contributed by atoms with Crippen LogP contribution in [0.5, 0.6) is 5.75 Å². The number of esters is 1. The molecule has 0 aliphatic rings. The summed E-state index contributed by atoms with van der Waals surface area (Å²) in [5.74, 6) is -1.82. The van der Waals surface area contributed by atoms with E-state index in [1.807, 2.05) is 0 Å². The summed E-state index contributed by atoms with van der Waals surface area (Å²) in [5.41, 5.74) is 5.84. The first-order valence-electron chi connectivity index (χ1n) is 7.89. The number of anilines is 1. The van der Waals surface area contributed by atoms with Gasteiger partial charge in [0.15, 0.2) is 18.5 Å². The lowest BCUT2D eigenvalue weighted by atomic mass is 10.1. The monoisotopic (exact) mass is 390 g/mol. The number of ether oxygens (including phenoxy) is 2. The van der Waals surface area contributed by atoms with E-state index in [1.165, 1.54) is 26.0 Å². The SMILES string of the molecule is CC(=O)c1cccc(OCC(=O)O[C@H](C)C(=O)Nc2sccc2C(N)=O)c1. The number of thiophene rings is 1. The van der Waals surface area contributed by atoms with Crippen molar-refractivity contribution in [2.45, 2.75) is 20.0 Å². The third-order valence-electron chi connectivity index (χ3n) is 3.44. The quantitative estimate of drug-likeness (QED) is 0.525. The summed E-state index contributed by atoms with van der Waals surface area (Å²) in [6.07, 6.45) is -1.10. The first kappa shape index (κ1) is 20.1. The van der Waals surface area contributed by atoms with Gasteiger partial charge in [-0.1, -0.05) is 12.1 Å². The van der Waals surface area contributed by atoms with Crippen LogP contribution in [0, 0.1) is 0 Å². The first-order chi connectivity index (χ1) is 12.8. The van der Waals surface area contributed by atoms with E-state index in [-0.39, 0.29) is 16.3 Å². The molecule has 1 aromatic carbocycles. The van der Waals surface area contributed by atoms with Crippen LogP contribution in [0.2, 0.25) is 0 Å². The zero-order chi connectivity index (χ0) is 20.0. The Morgan fingerprint density at radius 3 is 2.63 bits per heavy atom. The van der Waals surface area contributed by atoms with Crippen LogP contribution in [-0.4, -0.2) is 36.3 Å². The molecule has 0 spiro atoms. The molecule has 3 N–H and O–H groups in total. The molecule has 1 atom stereocenters. The van der Waals surface area contributed by atoms with E-state index in [9.17, 15) is 19.2 Å². The van der Waals surface area contributed by atoms with Gasteiger partial charge >= 0.3 is 5.97 Å². The molecule has 0 aliphatic heterocycles. The number of nitrogens with one attached hydrogen (secondary N) is 1. The minimum Gasteiger partial charge on any atom is -0.482 e. The molecule has 0 unspecified atom stereocenters. The van der Waals surface area contributed by atoms with Crippen molar-refractivity contribution in [3.8, 4) is 5.75 Å². The molecule has 0 fully saturated rings. The second kappa shape index (κ2) is 8.95. The normalized spacial score (nSPS) is 11.3. The van der Waals surface area contributed by atoms with Crippen LogP contribution in [-0.2, 0) is 14.3 Å². The lowest BCUT2D eigenvalue weighted by Gasteiger charge is -2.14. The molecule has 2 aromatic rings. The third-order valence-corrected chi connectivity index (χ3v) is 4.27. The topological polar surface area (TPSA) is 125 Å². The van der Waals surface area contributed by atoms with Crippen LogP contribution in [0.4, 0.5) is 5.00 Å². The van der Waals surface area contributed by atoms with Gasteiger partial charge < -0.3 is 20.5 Å². The van der Waals surface area contributed by atoms with Gasteiger partial charge in [0.05, 0.1) is 5.56 Å². The van der Waals surface area contributed by atoms with Crippen LogP contribution < -0.4 is 15.8 Å². The van der Waals surface area contributed by atoms with Crippen molar-refractivity contribution in [3.63, 3.8) is 0 Å². The smallest absolute Gasteiger partial charge is 0.344 e. The third kappa shape index (κ3) is 5.65. The van der Waals surface area contributed by atoms with Gasteiger partial charge in [-0.05, 0) is 37.4 Å². The molecule has 9 heteroatoms. The first-order valence-corrected chi connectivity index (χ1v) is 8.77. The van der Waals surface area contributed by atoms with Crippen LogP contribution in [0.1, 0.15) is 34.6 Å². The summed E-state index contributed by atoms with van der Waals surface area (Å²) >= 11 is 1.13. The highest BCUT2D eigenvalue weighted by molar-refractivity contribution is 7.14. The molecule has 0 saturated heterocycles. The summed E-state index contributed by atoms with van der Waals surface area (Å²) in [7, 11) is 0. The Kier molecular flexibility index (Phi) is 6.67. The fraction of sp³-hybridized carbons (Fsp3) is 0.222. The number of carbonyl (C=O) groups is 4. The summed E-state index contributed by atoms with van der Waals surface area (Å²) in [4.78, 5) is 46.6. The molecule has 27 heavy (non-hydrogen) atoms. The number of hydrogen-bond donors (Lipinski definition) is 2. The molecule has 2 amide bonds. The number of amides is 2. The van der Waals surface area contributed by atoms with Gasteiger partial charge in [0.2, 0.25) is 0 Å². The van der Waals surface area contributed by atoms with Crippen molar-refractivity contribution in [2.75, 3.05) is 11.9 Å². The average molecular weight is 390 g/mol. The van der Waals surface area contributed by atoms with Crippen LogP contribution in [0.25, 0.3) is 0 Å². The zero-order valence-corrected chi connectivity index (χ0v) is 15.5. The predicted molar refractivity (Wildman–Crippen MR) is 99.0 cm³/mol. The number of carbonyl (C=O) groups excluding carboxylic acids is 4. The largest absolute Gasteiger partial charge is 0.482 e. The van der Waals surface area contributed by atoms with E-state index < -0.39 is 30.5 Å². The summed E-state index contributed by atoms with van der Waals surface area (Å²) in [6.45, 7) is 2.39. The van der Waals surface area contributed by atoms with Gasteiger partial charge in [0.25, 0.3) is 11.8 Å². The number of ketones is 1. The van der Waals surface area contributed by atoms with Crippen molar-refractivity contribution in [1.29, 1.82) is 0 Å². The molecule has 0 bridgehead atoms. The fourth-order valence-electron chi connectivity index (χ4n) is 2.05. The van der Waals surface area contributed by atoms with E-state index in [2.05, 4.69) is 5.32 Å². The van der Waals surface area contributed by atoms with Crippen molar-refractivity contribution in [3.05, 3.63) is 46.8 Å². The van der Waals surface area contributed by atoms with Gasteiger partial charge in [-0.25, -0.2) is 4.79 Å². The average Bonchev–Trinajstić information content (AvgIpc) is 3.08. The van der Waals surface area contributed by atoms with Crippen molar-refractivity contribution in [1.82, 2.24) is 0 Å². The minimum atomic E-state index is -1.10. The van der Waals surface area contributed by atoms with Crippen molar-refractivity contribution < 1.29 is 28.7 Å². The molecule has 8 nitrogen and oxygen atoms in total. The molecule has 0 radical (unpaired) electrons. The summed E-state index contributed by atoms with van der Waals surface area (Å²) < 4.78 is 10.3. The lowest BCUT2D eigenvalue weighted by Crippen LogP contribution is -2.32. The molecule has 142 valence electrons. The fourth-order valence-corrected chi connectivity index (χ4v) is 2.84. The maximum atomic E-state index is 12.1. The van der Waals surface area contributed by atoms with E-state index in [1.54, 1.807) is 23.6 Å². The number of rotatable bonds is 8. The second-order valence-electron chi connectivity index (χ2n) is 5.52. The van der Waals surface area contributed by atoms with Gasteiger partial charge in [-0.2, -0.15) is 0 Å². The molecular weight excluding hydrogens is 372 g/mol. The van der Waals surface area contributed by atoms with Crippen LogP contribution in [0.15, 0.2) is 35.7 Å². The molecule has 0 aliphatic carbocycles. The molecule has 2 rings (SSSR count). The van der Waals surface area contributed by atoms with Gasteiger partial charge in [-0.3, -0.25) is 14.4 Å². The maximum absolute atomic E-state index is 12.1. The van der Waals surface area contributed by atoms with E-state index in [0.717, 1.165) is 11.3 Å². The van der Waals surface area contributed by atoms with Gasteiger partial charge in [0, 0.05) is 5.56 Å². The number of benzene rings is 1. The maximum Gasteiger partial charge on any atom is 0.344 e. The molecule has 1 aromatic heterocycles. The summed E-state index contributed by atoms with van der Waals surface area (Å²) in [5, 5.41) is 4.39. The summed E-state index contributed by atoms with van der Waals surface area (Å²) in [6, 6.07) is 7.85. The van der Waals surface area contributed by atoms with Crippen molar-refractivity contribution >= 4 is 39.9 Å². The Morgan fingerprint density at radius 1 is 1.22 bits per heavy atom. The highest BCUT2D eigenvalue weighted by atomic mass is 32.1. The highest BCUT2D eigenvalue weighted by Gasteiger charge is 2.21. The standard InChI is InChI=1S/C18H18N2O6S/c1-10(21)12-4-3-5-13(8-12)25-9-15(22)26-11(2)17(24)20-18-14(16(19)23)6-7-27-18/h3-8,11H,9H2,1-2H3,(H2,19,23)(H,20,24)/t11-/m1/s1. The highest BCUT2D eigenvalue weighted by Crippen LogP contribution is 2.23. The number of Topliss-reactive ketones (excluding diaryl/α,β-unsaturated/α-hetero) is 1. The Labute approximate surface area is 159 Å². The van der Waals surface area contributed by atoms with Crippen LogP contribution >= 0.6 is 11.3 Å². The van der Waals surface area contributed by atoms with E-state index in [4.69, 9.17) is 15.2 Å². The van der Waals surface area contributed by atoms with Crippen molar-refractivity contribution in [2.24, 2.45) is 5.73 Å². The Bertz CT molecular complexity index is 876. The van der Waals surface area contributed by atoms with Gasteiger partial charge in [-0.15, -0.1) is 11.3 Å². The molecule has 0 saturated carbocycles. The predicted octanol–water partition coefficient (Wildman–Crippen LogP) is 2.00. The molecular formula is C18H18N2O6S. The Hall–Kier alpha value is -3.20.